The second kappa shape index (κ2) is 22.6. The van der Waals surface area contributed by atoms with E-state index >= 15 is 0 Å². The molecule has 0 aliphatic rings. The van der Waals surface area contributed by atoms with E-state index in [4.69, 9.17) is 38.5 Å². The molecule has 0 radical (unpaired) electrons. The number of unbranched alkanes of at least 4 members (excludes halogenated alkanes) is 6. The van der Waals surface area contributed by atoms with Gasteiger partial charge in [-0.15, -0.1) is 0 Å². The molecule has 3 rings (SSSR count). The highest BCUT2D eigenvalue weighted by Gasteiger charge is 2.16. The average Bonchev–Trinajstić information content (AvgIpc) is 3.18. The summed E-state index contributed by atoms with van der Waals surface area (Å²) in [6.45, 7) is 8.24. The summed E-state index contributed by atoms with van der Waals surface area (Å²) >= 11 is 0. The van der Waals surface area contributed by atoms with Gasteiger partial charge < -0.3 is 33.8 Å². The second-order valence-corrected chi connectivity index (χ2v) is 12.1. The minimum absolute atomic E-state index is 0.206. The number of hydrogen-bond acceptors (Lipinski definition) is 11. The molecule has 0 spiro atoms. The normalized spacial score (nSPS) is 10.6. The number of methoxy groups -OCH3 is 4. The third-order valence-electron chi connectivity index (χ3n) is 8.46. The van der Waals surface area contributed by atoms with Crippen LogP contribution in [0.2, 0.25) is 0 Å². The fraction of sp³-hybridized carbons (Fsp3) is 0.390. The van der Waals surface area contributed by atoms with Crippen LogP contribution in [0, 0.1) is 0 Å². The quantitative estimate of drug-likeness (QED) is 0.0296. The van der Waals surface area contributed by atoms with Crippen LogP contribution in [0.5, 0.6) is 23.0 Å². The zero-order valence-electron chi connectivity index (χ0n) is 31.0. The number of ether oxygens (including phenoxy) is 4. The largest absolute Gasteiger partial charge is 0.493 e. The van der Waals surface area contributed by atoms with Gasteiger partial charge in [-0.3, -0.25) is 0 Å². The van der Waals surface area contributed by atoms with Gasteiger partial charge in [0.25, 0.3) is 0 Å². The van der Waals surface area contributed by atoms with Crippen LogP contribution in [0.3, 0.4) is 0 Å². The molecule has 0 fully saturated rings. The molecule has 0 unspecified atom stereocenters. The Hall–Kier alpha value is -5.33. The molecule has 0 saturated heterocycles. The summed E-state index contributed by atoms with van der Waals surface area (Å²) in [6, 6.07) is 15.6. The van der Waals surface area contributed by atoms with Crippen molar-refractivity contribution < 1.29 is 58.0 Å². The molecular formula is C41H50O12. The van der Waals surface area contributed by atoms with E-state index in [1.807, 2.05) is 12.1 Å². The molecule has 0 heterocycles. The van der Waals surface area contributed by atoms with Crippen LogP contribution in [0.4, 0.5) is 0 Å². The molecular weight excluding hydrogens is 684 g/mol. The second-order valence-electron chi connectivity index (χ2n) is 12.1. The Bertz CT molecular complexity index is 1700. The van der Waals surface area contributed by atoms with Crippen molar-refractivity contribution in [3.05, 3.63) is 95.6 Å². The first-order chi connectivity index (χ1) is 25.6. The fourth-order valence-electron chi connectivity index (χ4n) is 5.41. The lowest BCUT2D eigenvalue weighted by Crippen LogP contribution is -2.05. The first-order valence-corrected chi connectivity index (χ1v) is 17.5. The van der Waals surface area contributed by atoms with Crippen LogP contribution in [0.1, 0.15) is 84.0 Å². The number of carboxylic acid groups (broad SMARTS) is 1. The van der Waals surface area contributed by atoms with E-state index in [1.165, 1.54) is 28.4 Å². The van der Waals surface area contributed by atoms with Crippen LogP contribution in [0.25, 0.3) is 11.1 Å². The maximum atomic E-state index is 12.0. The predicted molar refractivity (Wildman–Crippen MR) is 199 cm³/mol. The van der Waals surface area contributed by atoms with Crippen molar-refractivity contribution in [3.8, 4) is 23.0 Å². The molecule has 12 nitrogen and oxygen atoms in total. The predicted octanol–water partition coefficient (Wildman–Crippen LogP) is 8.00. The molecule has 1 N–H and O–H groups in total. The first kappa shape index (κ1) is 42.1. The third-order valence-corrected chi connectivity index (χ3v) is 8.46. The number of carboxylic acids is 1. The van der Waals surface area contributed by atoms with Gasteiger partial charge >= 0.3 is 17.9 Å². The van der Waals surface area contributed by atoms with Crippen LogP contribution >= 0.6 is 0 Å². The number of aryl methyl sites for hydroxylation is 2. The summed E-state index contributed by atoms with van der Waals surface area (Å²) in [4.78, 5) is 57.1. The van der Waals surface area contributed by atoms with Crippen molar-refractivity contribution in [1.82, 2.24) is 0 Å². The van der Waals surface area contributed by atoms with Gasteiger partial charge in [0.1, 0.15) is 0 Å². The topological polar surface area (TPSA) is 145 Å². The Morgan fingerprint density at radius 2 is 1.04 bits per heavy atom. The SMILES string of the molecule is C=C(C(=O)OC)c1ccc(OOCCCCCCc2ccc(CCCCCCOOc3ccc(C(=C)C(=O)OC)cc3OC)c(C(=O)O)c2)c(OC)c1. The highest BCUT2D eigenvalue weighted by molar-refractivity contribution is 6.16. The lowest BCUT2D eigenvalue weighted by Gasteiger charge is -2.12. The number of hydrogen-bond donors (Lipinski definition) is 1. The van der Waals surface area contributed by atoms with E-state index in [0.29, 0.717) is 59.3 Å². The highest BCUT2D eigenvalue weighted by atomic mass is 17.2. The van der Waals surface area contributed by atoms with Crippen LogP contribution in [-0.4, -0.2) is 64.7 Å². The van der Waals surface area contributed by atoms with E-state index in [2.05, 4.69) is 13.2 Å². The van der Waals surface area contributed by atoms with Crippen molar-refractivity contribution in [3.63, 3.8) is 0 Å². The minimum Gasteiger partial charge on any atom is -0.493 e. The van der Waals surface area contributed by atoms with Gasteiger partial charge in [-0.2, -0.15) is 9.78 Å². The summed E-state index contributed by atoms with van der Waals surface area (Å²) < 4.78 is 20.1. The van der Waals surface area contributed by atoms with E-state index in [1.54, 1.807) is 42.5 Å². The smallest absolute Gasteiger partial charge is 0.337 e. The average molecular weight is 735 g/mol. The molecule has 53 heavy (non-hydrogen) atoms. The Kier molecular flexibility index (Phi) is 17.9. The third kappa shape index (κ3) is 13.3. The monoisotopic (exact) mass is 734 g/mol. The lowest BCUT2D eigenvalue weighted by atomic mass is 9.96. The number of rotatable bonds is 25. The molecule has 0 atom stereocenters. The van der Waals surface area contributed by atoms with Crippen molar-refractivity contribution in [2.24, 2.45) is 0 Å². The summed E-state index contributed by atoms with van der Waals surface area (Å²) in [5, 5.41) is 9.86. The maximum absolute atomic E-state index is 12.0. The van der Waals surface area contributed by atoms with E-state index < -0.39 is 17.9 Å². The summed E-state index contributed by atoms with van der Waals surface area (Å²) in [6.07, 6.45) is 8.51. The molecule has 0 bridgehead atoms. The Balaban J connectivity index is 1.30. The maximum Gasteiger partial charge on any atom is 0.337 e. The van der Waals surface area contributed by atoms with Crippen LogP contribution in [0.15, 0.2) is 67.8 Å². The van der Waals surface area contributed by atoms with E-state index in [9.17, 15) is 19.5 Å². The summed E-state index contributed by atoms with van der Waals surface area (Å²) in [5.74, 6) is -0.407. The van der Waals surface area contributed by atoms with Crippen molar-refractivity contribution in [2.75, 3.05) is 41.7 Å². The standard InChI is InChI=1S/C41H50O12/c1-28(40(44)48-5)32-19-21-35(37(26-32)46-3)52-50-23-13-9-7-11-15-30-17-18-31(34(25-30)39(42)43)16-12-8-10-14-24-51-53-36-22-20-33(27-38(36)47-4)29(2)41(45)49-6/h17-22,25-27H,1-2,7-16,23-24H2,3-6H3,(H,42,43). The Morgan fingerprint density at radius 1 is 0.566 bits per heavy atom. The van der Waals surface area contributed by atoms with E-state index in [0.717, 1.165) is 68.9 Å². The molecule has 0 aromatic heterocycles. The first-order valence-electron chi connectivity index (χ1n) is 17.5. The molecule has 3 aromatic carbocycles. The molecule has 3 aromatic rings. The number of carbonyl (C=O) groups excluding carboxylic acids is 2. The minimum atomic E-state index is -0.915. The summed E-state index contributed by atoms with van der Waals surface area (Å²) in [5.41, 5.74) is 3.73. The van der Waals surface area contributed by atoms with Gasteiger partial charge in [0.05, 0.1) is 58.4 Å². The molecule has 0 saturated carbocycles. The molecule has 0 amide bonds. The van der Waals surface area contributed by atoms with Crippen LogP contribution < -0.4 is 19.2 Å². The zero-order chi connectivity index (χ0) is 38.6. The number of benzene rings is 3. The van der Waals surface area contributed by atoms with Gasteiger partial charge in [0.2, 0.25) is 11.5 Å². The van der Waals surface area contributed by atoms with Gasteiger partial charge in [0, 0.05) is 0 Å². The Morgan fingerprint density at radius 3 is 1.49 bits per heavy atom. The number of aromatic carboxylic acids is 1. The summed E-state index contributed by atoms with van der Waals surface area (Å²) in [7, 11) is 5.57. The lowest BCUT2D eigenvalue weighted by molar-refractivity contribution is -0.208. The van der Waals surface area contributed by atoms with Crippen LogP contribution in [-0.2, 0) is 41.7 Å². The van der Waals surface area contributed by atoms with Gasteiger partial charge in [-0.1, -0.05) is 63.1 Å². The highest BCUT2D eigenvalue weighted by Crippen LogP contribution is 2.32. The van der Waals surface area contributed by atoms with Crippen molar-refractivity contribution >= 4 is 29.1 Å². The van der Waals surface area contributed by atoms with Crippen molar-refractivity contribution in [2.45, 2.75) is 64.2 Å². The molecule has 286 valence electrons. The Labute approximate surface area is 311 Å². The molecule has 0 aliphatic carbocycles. The number of esters is 2. The van der Waals surface area contributed by atoms with Crippen molar-refractivity contribution in [1.29, 1.82) is 0 Å². The molecule has 12 heteroatoms. The molecule has 0 aliphatic heterocycles. The fourth-order valence-corrected chi connectivity index (χ4v) is 5.41. The van der Waals surface area contributed by atoms with Gasteiger partial charge in [-0.05, 0) is 91.1 Å². The number of carbonyl (C=O) groups is 3. The van der Waals surface area contributed by atoms with E-state index in [-0.39, 0.29) is 11.1 Å². The zero-order valence-corrected chi connectivity index (χ0v) is 31.0. The van der Waals surface area contributed by atoms with Gasteiger partial charge in [-0.25, -0.2) is 14.4 Å². The van der Waals surface area contributed by atoms with Gasteiger partial charge in [0.15, 0.2) is 11.5 Å².